The molecule has 0 aliphatic carbocycles. The first kappa shape index (κ1) is 15.8. The van der Waals surface area contributed by atoms with Gasteiger partial charge in [-0.2, -0.15) is 0 Å². The maximum atomic E-state index is 12.4. The van der Waals surface area contributed by atoms with Crippen molar-refractivity contribution in [2.24, 2.45) is 5.41 Å². The van der Waals surface area contributed by atoms with Crippen LogP contribution in [0.25, 0.3) is 0 Å². The summed E-state index contributed by atoms with van der Waals surface area (Å²) in [4.78, 5) is 36.8. The van der Waals surface area contributed by atoms with Crippen molar-refractivity contribution in [3.05, 3.63) is 0 Å². The number of imide groups is 1. The van der Waals surface area contributed by atoms with Crippen LogP contribution < -0.4 is 10.6 Å². The molecule has 2 atom stereocenters. The van der Waals surface area contributed by atoms with Crippen LogP contribution in [0.5, 0.6) is 0 Å². The summed E-state index contributed by atoms with van der Waals surface area (Å²) in [7, 11) is 0. The summed E-state index contributed by atoms with van der Waals surface area (Å²) < 4.78 is 0. The fraction of sp³-hybridized carbons (Fsp3) is 0.800. The van der Waals surface area contributed by atoms with Crippen LogP contribution in [-0.2, 0) is 9.59 Å². The Morgan fingerprint density at radius 2 is 2.05 bits per heavy atom. The first-order valence-electron chi connectivity index (χ1n) is 7.67. The highest BCUT2D eigenvalue weighted by molar-refractivity contribution is 6.04. The lowest BCUT2D eigenvalue weighted by Gasteiger charge is -2.30. The Labute approximate surface area is 125 Å². The minimum Gasteiger partial charge on any atom is -0.340 e. The van der Waals surface area contributed by atoms with E-state index in [1.54, 1.807) is 0 Å². The molecule has 118 valence electrons. The number of hydrogen-bond acceptors (Lipinski definition) is 3. The Morgan fingerprint density at radius 3 is 2.62 bits per heavy atom. The molecule has 0 bridgehead atoms. The van der Waals surface area contributed by atoms with Crippen molar-refractivity contribution < 1.29 is 14.4 Å². The molecule has 0 radical (unpaired) electrons. The maximum Gasteiger partial charge on any atom is 0.322 e. The van der Waals surface area contributed by atoms with Gasteiger partial charge in [0.1, 0.15) is 6.04 Å². The molecule has 0 unspecified atom stereocenters. The van der Waals surface area contributed by atoms with Crippen LogP contribution in [0, 0.1) is 5.41 Å². The predicted octanol–water partition coefficient (Wildman–Crippen LogP) is 1.40. The van der Waals surface area contributed by atoms with Gasteiger partial charge in [-0.3, -0.25) is 14.9 Å². The Balaban J connectivity index is 1.85. The van der Waals surface area contributed by atoms with Crippen LogP contribution in [0.15, 0.2) is 0 Å². The number of amides is 4. The number of nitrogens with one attached hydrogen (secondary N) is 2. The highest BCUT2D eigenvalue weighted by Crippen LogP contribution is 2.30. The monoisotopic (exact) mass is 295 g/mol. The van der Waals surface area contributed by atoms with Gasteiger partial charge in [0, 0.05) is 19.0 Å². The van der Waals surface area contributed by atoms with Gasteiger partial charge in [-0.15, -0.1) is 0 Å². The van der Waals surface area contributed by atoms with Crippen LogP contribution in [-0.4, -0.2) is 41.4 Å². The highest BCUT2D eigenvalue weighted by Gasteiger charge is 2.34. The molecule has 0 aromatic rings. The van der Waals surface area contributed by atoms with Gasteiger partial charge in [0.05, 0.1) is 0 Å². The van der Waals surface area contributed by atoms with Crippen LogP contribution in [0.2, 0.25) is 0 Å². The topological polar surface area (TPSA) is 78.5 Å². The highest BCUT2D eigenvalue weighted by atomic mass is 16.2. The van der Waals surface area contributed by atoms with Gasteiger partial charge in [0.15, 0.2) is 0 Å². The maximum absolute atomic E-state index is 12.4. The SMILES string of the molecule is CC(C)(C)C[C@H]1CCCN1C(=O)CC[C@@H]1NC(=O)NC1=O. The molecule has 2 saturated heterocycles. The smallest absolute Gasteiger partial charge is 0.322 e. The number of nitrogens with zero attached hydrogens (tertiary/aromatic N) is 1. The van der Waals surface area contributed by atoms with E-state index >= 15 is 0 Å². The molecule has 2 aliphatic rings. The van der Waals surface area contributed by atoms with E-state index < -0.39 is 12.1 Å². The minimum atomic E-state index is -0.565. The van der Waals surface area contributed by atoms with Gasteiger partial charge >= 0.3 is 6.03 Å². The Morgan fingerprint density at radius 1 is 1.33 bits per heavy atom. The minimum absolute atomic E-state index is 0.0932. The summed E-state index contributed by atoms with van der Waals surface area (Å²) >= 11 is 0. The standard InChI is InChI=1S/C15H25N3O3/c1-15(2,3)9-10-5-4-8-18(10)12(19)7-6-11-13(20)17-14(21)16-11/h10-11H,4-9H2,1-3H3,(H2,16,17,20,21)/t10-,11+/m1/s1. The summed E-state index contributed by atoms with van der Waals surface area (Å²) in [6, 6.07) is -0.723. The number of carbonyl (C=O) groups is 3. The third-order valence-corrected chi connectivity index (χ3v) is 4.05. The zero-order chi connectivity index (χ0) is 15.6. The van der Waals surface area contributed by atoms with Crippen molar-refractivity contribution in [3.63, 3.8) is 0 Å². The molecule has 0 saturated carbocycles. The summed E-state index contributed by atoms with van der Waals surface area (Å²) in [5.41, 5.74) is 0.201. The average molecular weight is 295 g/mol. The molecule has 6 nitrogen and oxygen atoms in total. The molecule has 21 heavy (non-hydrogen) atoms. The number of urea groups is 1. The summed E-state index contributed by atoms with van der Waals surface area (Å²) in [6.45, 7) is 7.37. The molecular formula is C15H25N3O3. The summed E-state index contributed by atoms with van der Waals surface area (Å²) in [6.07, 6.45) is 3.78. The fourth-order valence-electron chi connectivity index (χ4n) is 3.16. The molecule has 2 aliphatic heterocycles. The van der Waals surface area contributed by atoms with Crippen molar-refractivity contribution in [1.29, 1.82) is 0 Å². The Hall–Kier alpha value is -1.59. The van der Waals surface area contributed by atoms with Crippen LogP contribution >= 0.6 is 0 Å². The number of hydrogen-bond donors (Lipinski definition) is 2. The molecule has 6 heteroatoms. The third kappa shape index (κ3) is 4.19. The lowest BCUT2D eigenvalue weighted by Crippen LogP contribution is -2.39. The van der Waals surface area contributed by atoms with Gasteiger partial charge in [-0.1, -0.05) is 20.8 Å². The van der Waals surface area contributed by atoms with Crippen molar-refractivity contribution in [2.75, 3.05) is 6.54 Å². The van der Waals surface area contributed by atoms with E-state index in [0.29, 0.717) is 18.9 Å². The van der Waals surface area contributed by atoms with Gasteiger partial charge in [0.25, 0.3) is 5.91 Å². The lowest BCUT2D eigenvalue weighted by molar-refractivity contribution is -0.132. The van der Waals surface area contributed by atoms with E-state index in [9.17, 15) is 14.4 Å². The van der Waals surface area contributed by atoms with Gasteiger partial charge < -0.3 is 10.2 Å². The van der Waals surface area contributed by atoms with E-state index in [1.807, 2.05) is 4.90 Å². The van der Waals surface area contributed by atoms with E-state index in [4.69, 9.17) is 0 Å². The molecule has 2 heterocycles. The first-order valence-corrected chi connectivity index (χ1v) is 7.67. The van der Waals surface area contributed by atoms with Gasteiger partial charge in [-0.05, 0) is 31.1 Å². The quantitative estimate of drug-likeness (QED) is 0.770. The van der Waals surface area contributed by atoms with Crippen molar-refractivity contribution >= 4 is 17.8 Å². The fourth-order valence-corrected chi connectivity index (χ4v) is 3.16. The second-order valence-electron chi connectivity index (χ2n) is 7.20. The normalized spacial score (nSPS) is 26.0. The molecule has 0 aromatic carbocycles. The zero-order valence-corrected chi connectivity index (χ0v) is 13.1. The second kappa shape index (κ2) is 6.03. The van der Waals surface area contributed by atoms with Crippen molar-refractivity contribution in [2.45, 2.75) is 65.0 Å². The molecule has 4 amide bonds. The van der Waals surface area contributed by atoms with Crippen molar-refractivity contribution in [1.82, 2.24) is 15.5 Å². The molecule has 2 rings (SSSR count). The van der Waals surface area contributed by atoms with Gasteiger partial charge in [0.2, 0.25) is 5.91 Å². The van der Waals surface area contributed by atoms with E-state index in [-0.39, 0.29) is 17.2 Å². The largest absolute Gasteiger partial charge is 0.340 e. The average Bonchev–Trinajstić information content (AvgIpc) is 2.91. The first-order chi connectivity index (χ1) is 9.76. The third-order valence-electron chi connectivity index (χ3n) is 4.05. The number of rotatable bonds is 4. The van der Waals surface area contributed by atoms with Crippen molar-refractivity contribution in [3.8, 4) is 0 Å². The van der Waals surface area contributed by atoms with Crippen LogP contribution in [0.3, 0.4) is 0 Å². The zero-order valence-electron chi connectivity index (χ0n) is 13.1. The molecule has 2 fully saturated rings. The Bertz CT molecular complexity index is 442. The molecular weight excluding hydrogens is 270 g/mol. The van der Waals surface area contributed by atoms with E-state index in [0.717, 1.165) is 25.8 Å². The van der Waals surface area contributed by atoms with Crippen LogP contribution in [0.4, 0.5) is 4.79 Å². The summed E-state index contributed by atoms with van der Waals surface area (Å²) in [5, 5.41) is 4.71. The lowest BCUT2D eigenvalue weighted by atomic mass is 9.87. The predicted molar refractivity (Wildman–Crippen MR) is 78.5 cm³/mol. The van der Waals surface area contributed by atoms with E-state index in [1.165, 1.54) is 0 Å². The van der Waals surface area contributed by atoms with E-state index in [2.05, 4.69) is 31.4 Å². The summed E-state index contributed by atoms with van der Waals surface area (Å²) in [5.74, 6) is -0.240. The molecule has 2 N–H and O–H groups in total. The molecule has 0 aromatic heterocycles. The number of carbonyl (C=O) groups excluding carboxylic acids is 3. The Kier molecular flexibility index (Phi) is 4.54. The van der Waals surface area contributed by atoms with Gasteiger partial charge in [-0.25, -0.2) is 4.79 Å². The second-order valence-corrected chi connectivity index (χ2v) is 7.20. The van der Waals surface area contributed by atoms with Crippen LogP contribution in [0.1, 0.15) is 52.9 Å². The number of likely N-dealkylation sites (tertiary alicyclic amines) is 1. The molecule has 0 spiro atoms.